The van der Waals surface area contributed by atoms with Crippen molar-refractivity contribution >= 4 is 0 Å². The molecule has 0 amide bonds. The van der Waals surface area contributed by atoms with Crippen LogP contribution in [0, 0.1) is 11.3 Å². The van der Waals surface area contributed by atoms with Crippen LogP contribution in [0.3, 0.4) is 0 Å². The predicted octanol–water partition coefficient (Wildman–Crippen LogP) is 2.36. The highest BCUT2D eigenvalue weighted by Gasteiger charge is 2.11. The highest BCUT2D eigenvalue weighted by atomic mass is 16.3. The Morgan fingerprint density at radius 3 is 2.63 bits per heavy atom. The van der Waals surface area contributed by atoms with Crippen LogP contribution in [0.15, 0.2) is 24.3 Å². The van der Waals surface area contributed by atoms with Gasteiger partial charge in [0, 0.05) is 5.69 Å². The molecule has 2 aromatic rings. The highest BCUT2D eigenvalue weighted by molar-refractivity contribution is 5.51. The molecule has 1 heterocycles. The first-order valence-corrected chi connectivity index (χ1v) is 6.45. The average molecular weight is 255 g/mol. The molecule has 98 valence electrons. The Morgan fingerprint density at radius 2 is 2.05 bits per heavy atom. The zero-order valence-corrected chi connectivity index (χ0v) is 11.2. The molecule has 4 heteroatoms. The first kappa shape index (κ1) is 13.3. The smallest absolute Gasteiger partial charge is 0.101 e. The minimum absolute atomic E-state index is 0.0606. The van der Waals surface area contributed by atoms with Crippen molar-refractivity contribution in [2.75, 3.05) is 0 Å². The van der Waals surface area contributed by atoms with Crippen molar-refractivity contribution in [2.24, 2.45) is 0 Å². The lowest BCUT2D eigenvalue weighted by atomic mass is 10.1. The number of nitrogens with zero attached hydrogens (tertiary/aromatic N) is 3. The minimum atomic E-state index is -0.0606. The number of nitriles is 1. The fraction of sp³-hybridized carbons (Fsp3) is 0.333. The zero-order chi connectivity index (χ0) is 13.8. The third-order valence-electron chi connectivity index (χ3n) is 3.15. The molecule has 0 radical (unpaired) electrons. The van der Waals surface area contributed by atoms with E-state index in [-0.39, 0.29) is 6.61 Å². The summed E-state index contributed by atoms with van der Waals surface area (Å²) in [6.07, 6.45) is 1.73. The first-order chi connectivity index (χ1) is 9.23. The summed E-state index contributed by atoms with van der Waals surface area (Å²) in [5, 5.41) is 22.9. The molecule has 0 spiro atoms. The van der Waals surface area contributed by atoms with Crippen LogP contribution >= 0.6 is 0 Å². The Morgan fingerprint density at radius 1 is 1.26 bits per heavy atom. The molecule has 1 aromatic carbocycles. The summed E-state index contributed by atoms with van der Waals surface area (Å²) in [6, 6.07) is 9.62. The summed E-state index contributed by atoms with van der Waals surface area (Å²) in [5.74, 6) is 0. The van der Waals surface area contributed by atoms with Crippen LogP contribution in [0.5, 0.6) is 0 Å². The predicted molar refractivity (Wildman–Crippen MR) is 73.0 cm³/mol. The van der Waals surface area contributed by atoms with E-state index in [1.54, 1.807) is 6.07 Å². The highest BCUT2D eigenvalue weighted by Crippen LogP contribution is 2.19. The van der Waals surface area contributed by atoms with E-state index >= 15 is 0 Å². The van der Waals surface area contributed by atoms with Crippen LogP contribution in [-0.2, 0) is 19.4 Å². The number of aromatic nitrogens is 2. The monoisotopic (exact) mass is 255 g/mol. The molecule has 0 bridgehead atoms. The SMILES string of the molecule is CCc1cc(CC)n(-c2ccc(CO)cc2C#N)n1. The molecule has 0 unspecified atom stereocenters. The molecule has 0 aliphatic heterocycles. The molecule has 1 aromatic heterocycles. The van der Waals surface area contributed by atoms with Crippen LogP contribution < -0.4 is 0 Å². The van der Waals surface area contributed by atoms with Crippen molar-refractivity contribution in [1.29, 1.82) is 5.26 Å². The van der Waals surface area contributed by atoms with E-state index in [0.717, 1.165) is 35.5 Å². The number of aliphatic hydroxyl groups excluding tert-OH is 1. The third kappa shape index (κ3) is 2.51. The molecule has 0 aliphatic carbocycles. The van der Waals surface area contributed by atoms with Gasteiger partial charge in [0.15, 0.2) is 0 Å². The third-order valence-corrected chi connectivity index (χ3v) is 3.15. The number of rotatable bonds is 4. The largest absolute Gasteiger partial charge is 0.392 e. The molecule has 2 rings (SSSR count). The van der Waals surface area contributed by atoms with Gasteiger partial charge in [0.05, 0.1) is 23.6 Å². The number of benzene rings is 1. The summed E-state index contributed by atoms with van der Waals surface area (Å²) in [5.41, 5.74) is 4.15. The van der Waals surface area contributed by atoms with E-state index in [2.05, 4.69) is 31.1 Å². The zero-order valence-electron chi connectivity index (χ0n) is 11.2. The van der Waals surface area contributed by atoms with Crippen LogP contribution in [0.1, 0.15) is 36.4 Å². The molecule has 0 aliphatic rings. The van der Waals surface area contributed by atoms with Crippen molar-refractivity contribution in [1.82, 2.24) is 9.78 Å². The lowest BCUT2D eigenvalue weighted by molar-refractivity contribution is 0.282. The van der Waals surface area contributed by atoms with Gasteiger partial charge >= 0.3 is 0 Å². The van der Waals surface area contributed by atoms with Gasteiger partial charge in [0.25, 0.3) is 0 Å². The van der Waals surface area contributed by atoms with Crippen LogP contribution in [-0.4, -0.2) is 14.9 Å². The van der Waals surface area contributed by atoms with E-state index in [1.165, 1.54) is 0 Å². The second-order valence-corrected chi connectivity index (χ2v) is 4.37. The Hall–Kier alpha value is -2.12. The second kappa shape index (κ2) is 5.68. The maximum absolute atomic E-state index is 9.25. The van der Waals surface area contributed by atoms with Crippen LogP contribution in [0.4, 0.5) is 0 Å². The maximum atomic E-state index is 9.25. The molecule has 1 N–H and O–H groups in total. The average Bonchev–Trinajstić information content (AvgIpc) is 2.89. The van der Waals surface area contributed by atoms with Gasteiger partial charge in [-0.2, -0.15) is 10.4 Å². The Labute approximate surface area is 112 Å². The molecule has 0 saturated heterocycles. The van der Waals surface area contributed by atoms with Gasteiger partial charge in [-0.15, -0.1) is 0 Å². The molecular formula is C15H17N3O. The van der Waals surface area contributed by atoms with Crippen molar-refractivity contribution in [2.45, 2.75) is 33.3 Å². The summed E-state index contributed by atoms with van der Waals surface area (Å²) in [6.45, 7) is 4.07. The van der Waals surface area contributed by atoms with E-state index in [0.29, 0.717) is 5.56 Å². The van der Waals surface area contributed by atoms with Gasteiger partial charge < -0.3 is 5.11 Å². The number of hydrogen-bond acceptors (Lipinski definition) is 3. The Balaban J connectivity index is 2.58. The maximum Gasteiger partial charge on any atom is 0.101 e. The molecular weight excluding hydrogens is 238 g/mol. The van der Waals surface area contributed by atoms with Gasteiger partial charge in [0.2, 0.25) is 0 Å². The second-order valence-electron chi connectivity index (χ2n) is 4.37. The molecule has 19 heavy (non-hydrogen) atoms. The summed E-state index contributed by atoms with van der Waals surface area (Å²) in [7, 11) is 0. The Kier molecular flexibility index (Phi) is 3.98. The van der Waals surface area contributed by atoms with E-state index in [1.807, 2.05) is 16.8 Å². The molecule has 0 fully saturated rings. The van der Waals surface area contributed by atoms with Crippen LogP contribution in [0.2, 0.25) is 0 Å². The Bertz CT molecular complexity index is 623. The fourth-order valence-electron chi connectivity index (χ4n) is 2.06. The van der Waals surface area contributed by atoms with E-state index in [4.69, 9.17) is 5.11 Å². The topological polar surface area (TPSA) is 61.8 Å². The van der Waals surface area contributed by atoms with E-state index in [9.17, 15) is 5.26 Å². The van der Waals surface area contributed by atoms with Crippen molar-refractivity contribution < 1.29 is 5.11 Å². The summed E-state index contributed by atoms with van der Waals surface area (Å²) in [4.78, 5) is 0. The van der Waals surface area contributed by atoms with Gasteiger partial charge in [-0.25, -0.2) is 4.68 Å². The van der Waals surface area contributed by atoms with Gasteiger partial charge in [-0.1, -0.05) is 19.9 Å². The van der Waals surface area contributed by atoms with Gasteiger partial charge in [0.1, 0.15) is 6.07 Å². The number of aryl methyl sites for hydroxylation is 2. The van der Waals surface area contributed by atoms with Crippen molar-refractivity contribution in [3.8, 4) is 11.8 Å². The lowest BCUT2D eigenvalue weighted by Crippen LogP contribution is -2.04. The number of aliphatic hydroxyl groups is 1. The lowest BCUT2D eigenvalue weighted by Gasteiger charge is -2.09. The normalized spacial score (nSPS) is 10.4. The number of hydrogen-bond donors (Lipinski definition) is 1. The van der Waals surface area contributed by atoms with Crippen LogP contribution in [0.25, 0.3) is 5.69 Å². The minimum Gasteiger partial charge on any atom is -0.392 e. The van der Waals surface area contributed by atoms with Gasteiger partial charge in [-0.05, 0) is 36.6 Å². The molecule has 0 atom stereocenters. The van der Waals surface area contributed by atoms with Crippen molar-refractivity contribution in [3.63, 3.8) is 0 Å². The molecule has 4 nitrogen and oxygen atoms in total. The summed E-state index contributed by atoms with van der Waals surface area (Å²) < 4.78 is 1.83. The van der Waals surface area contributed by atoms with Gasteiger partial charge in [-0.3, -0.25) is 0 Å². The standard InChI is InChI=1S/C15H17N3O/c1-3-13-8-14(4-2)18(17-13)15-6-5-11(10-19)7-12(15)9-16/h5-8,19H,3-4,10H2,1-2H3. The van der Waals surface area contributed by atoms with E-state index < -0.39 is 0 Å². The summed E-state index contributed by atoms with van der Waals surface area (Å²) >= 11 is 0. The first-order valence-electron chi connectivity index (χ1n) is 6.45. The van der Waals surface area contributed by atoms with Crippen molar-refractivity contribution in [3.05, 3.63) is 46.8 Å². The fourth-order valence-corrected chi connectivity index (χ4v) is 2.06. The quantitative estimate of drug-likeness (QED) is 0.912. The molecule has 0 saturated carbocycles.